The van der Waals surface area contributed by atoms with E-state index < -0.39 is 11.7 Å². The summed E-state index contributed by atoms with van der Waals surface area (Å²) in [6.45, 7) is 0.652. The number of nitrogens with zero attached hydrogens (tertiary/aromatic N) is 5. The van der Waals surface area contributed by atoms with Gasteiger partial charge in [0.15, 0.2) is 0 Å². The Hall–Kier alpha value is -3.10. The molecule has 1 fully saturated rings. The molecule has 1 atom stereocenters. The SMILES string of the molecule is NC(=O)c1noc([C@H]2CCCN2c2ncnc3cccc(F)c23)n1. The van der Waals surface area contributed by atoms with Crippen LogP contribution in [-0.2, 0) is 0 Å². The van der Waals surface area contributed by atoms with Gasteiger partial charge in [-0.1, -0.05) is 11.2 Å². The number of fused-ring (bicyclic) bond motifs is 1. The van der Waals surface area contributed by atoms with Crippen molar-refractivity contribution < 1.29 is 13.7 Å². The first-order valence-corrected chi connectivity index (χ1v) is 7.44. The third-order valence-electron chi connectivity index (χ3n) is 4.06. The highest BCUT2D eigenvalue weighted by Gasteiger charge is 2.33. The predicted octanol–water partition coefficient (Wildman–Crippen LogP) is 1.59. The molecule has 0 spiro atoms. The van der Waals surface area contributed by atoms with Crippen LogP contribution >= 0.6 is 0 Å². The van der Waals surface area contributed by atoms with E-state index in [9.17, 15) is 9.18 Å². The molecular formula is C15H13FN6O2. The molecular weight excluding hydrogens is 315 g/mol. The van der Waals surface area contributed by atoms with E-state index in [1.807, 2.05) is 4.90 Å². The molecule has 3 aromatic rings. The van der Waals surface area contributed by atoms with Crippen LogP contribution in [0.3, 0.4) is 0 Å². The van der Waals surface area contributed by atoms with E-state index in [1.165, 1.54) is 12.4 Å². The molecule has 2 N–H and O–H groups in total. The minimum absolute atomic E-state index is 0.171. The molecule has 9 heteroatoms. The largest absolute Gasteiger partial charge is 0.363 e. The van der Waals surface area contributed by atoms with Crippen LogP contribution in [0.1, 0.15) is 35.4 Å². The number of rotatable bonds is 3. The van der Waals surface area contributed by atoms with Crippen molar-refractivity contribution in [2.24, 2.45) is 5.73 Å². The van der Waals surface area contributed by atoms with E-state index >= 15 is 0 Å². The highest BCUT2D eigenvalue weighted by Crippen LogP contribution is 2.37. The second-order valence-corrected chi connectivity index (χ2v) is 5.50. The Morgan fingerprint density at radius 3 is 3.04 bits per heavy atom. The van der Waals surface area contributed by atoms with Crippen LogP contribution in [0.2, 0.25) is 0 Å². The molecule has 1 amide bonds. The summed E-state index contributed by atoms with van der Waals surface area (Å²) in [5.41, 5.74) is 5.68. The zero-order valence-corrected chi connectivity index (χ0v) is 12.5. The Labute approximate surface area is 135 Å². The first kappa shape index (κ1) is 14.5. The van der Waals surface area contributed by atoms with Gasteiger partial charge in [-0.15, -0.1) is 0 Å². The summed E-state index contributed by atoms with van der Waals surface area (Å²) in [4.78, 5) is 25.5. The zero-order chi connectivity index (χ0) is 16.7. The summed E-state index contributed by atoms with van der Waals surface area (Å²) in [7, 11) is 0. The van der Waals surface area contributed by atoms with Gasteiger partial charge in [0.2, 0.25) is 5.89 Å². The van der Waals surface area contributed by atoms with E-state index in [2.05, 4.69) is 20.1 Å². The molecule has 0 aliphatic carbocycles. The fourth-order valence-electron chi connectivity index (χ4n) is 3.02. The van der Waals surface area contributed by atoms with Crippen LogP contribution in [0.4, 0.5) is 10.2 Å². The highest BCUT2D eigenvalue weighted by molar-refractivity contribution is 5.90. The quantitative estimate of drug-likeness (QED) is 0.777. The zero-order valence-electron chi connectivity index (χ0n) is 12.5. The van der Waals surface area contributed by atoms with Gasteiger partial charge in [-0.2, -0.15) is 4.98 Å². The number of primary amides is 1. The number of amides is 1. The van der Waals surface area contributed by atoms with Gasteiger partial charge in [0, 0.05) is 6.54 Å². The predicted molar refractivity (Wildman–Crippen MR) is 81.6 cm³/mol. The fraction of sp³-hybridized carbons (Fsp3) is 0.267. The number of benzene rings is 1. The topological polar surface area (TPSA) is 111 Å². The number of carbonyl (C=O) groups is 1. The second-order valence-electron chi connectivity index (χ2n) is 5.50. The third kappa shape index (κ3) is 2.25. The van der Waals surface area contributed by atoms with Gasteiger partial charge in [0.25, 0.3) is 11.7 Å². The van der Waals surface area contributed by atoms with Crippen LogP contribution in [0.25, 0.3) is 10.9 Å². The summed E-state index contributed by atoms with van der Waals surface area (Å²) in [6, 6.07) is 4.42. The molecule has 8 nitrogen and oxygen atoms in total. The lowest BCUT2D eigenvalue weighted by molar-refractivity contribution is 0.0987. The van der Waals surface area contributed by atoms with Gasteiger partial charge in [0.1, 0.15) is 24.0 Å². The van der Waals surface area contributed by atoms with Crippen molar-refractivity contribution in [3.05, 3.63) is 42.1 Å². The first-order valence-electron chi connectivity index (χ1n) is 7.44. The Balaban J connectivity index is 1.79. The number of aromatic nitrogens is 4. The van der Waals surface area contributed by atoms with E-state index in [4.69, 9.17) is 10.3 Å². The Kier molecular flexibility index (Phi) is 3.33. The van der Waals surface area contributed by atoms with Crippen molar-refractivity contribution in [3.63, 3.8) is 0 Å². The lowest BCUT2D eigenvalue weighted by Gasteiger charge is -2.24. The number of nitrogens with two attached hydrogens (primary N) is 1. The summed E-state index contributed by atoms with van der Waals surface area (Å²) in [5, 5.41) is 3.92. The molecule has 0 unspecified atom stereocenters. The molecule has 1 saturated heterocycles. The van der Waals surface area contributed by atoms with Crippen LogP contribution in [0.5, 0.6) is 0 Å². The van der Waals surface area contributed by atoms with E-state index in [1.54, 1.807) is 12.1 Å². The number of halogens is 1. The molecule has 4 rings (SSSR count). The number of hydrogen-bond donors (Lipinski definition) is 1. The van der Waals surface area contributed by atoms with E-state index in [0.29, 0.717) is 23.3 Å². The molecule has 3 heterocycles. The maximum atomic E-state index is 14.3. The summed E-state index contributed by atoms with van der Waals surface area (Å²) >= 11 is 0. The van der Waals surface area contributed by atoms with Crippen molar-refractivity contribution in [3.8, 4) is 0 Å². The third-order valence-corrected chi connectivity index (χ3v) is 4.06. The van der Waals surface area contributed by atoms with Crippen LogP contribution in [0, 0.1) is 5.82 Å². The van der Waals surface area contributed by atoms with Gasteiger partial charge in [-0.25, -0.2) is 14.4 Å². The monoisotopic (exact) mass is 328 g/mol. The molecule has 2 aromatic heterocycles. The molecule has 1 aromatic carbocycles. The van der Waals surface area contributed by atoms with Gasteiger partial charge < -0.3 is 15.2 Å². The summed E-state index contributed by atoms with van der Waals surface area (Å²) in [5.74, 6) is -0.579. The standard InChI is InChI=1S/C15H13FN6O2/c16-8-3-1-4-9-11(8)14(19-7-18-9)22-6-2-5-10(22)15-20-13(12(17)23)21-24-15/h1,3-4,7,10H,2,5-6H2,(H2,17,23)/t10-/m1/s1. The summed E-state index contributed by atoms with van der Waals surface area (Å²) in [6.07, 6.45) is 2.97. The number of anilines is 1. The molecule has 1 aliphatic heterocycles. The molecule has 0 bridgehead atoms. The lowest BCUT2D eigenvalue weighted by Crippen LogP contribution is -2.24. The van der Waals surface area contributed by atoms with Crippen molar-refractivity contribution in [2.45, 2.75) is 18.9 Å². The smallest absolute Gasteiger partial charge is 0.290 e. The van der Waals surface area contributed by atoms with E-state index in [-0.39, 0.29) is 17.8 Å². The normalized spacial score (nSPS) is 17.5. The maximum absolute atomic E-state index is 14.3. The molecule has 0 saturated carbocycles. The summed E-state index contributed by atoms with van der Waals surface area (Å²) < 4.78 is 19.5. The minimum Gasteiger partial charge on any atom is -0.363 e. The Bertz CT molecular complexity index is 922. The minimum atomic E-state index is -0.756. The lowest BCUT2D eigenvalue weighted by atomic mass is 10.2. The van der Waals surface area contributed by atoms with Crippen LogP contribution in [-0.4, -0.2) is 32.6 Å². The molecule has 0 radical (unpaired) electrons. The maximum Gasteiger partial charge on any atom is 0.290 e. The molecule has 122 valence electrons. The number of hydrogen-bond acceptors (Lipinski definition) is 7. The van der Waals surface area contributed by atoms with Crippen molar-refractivity contribution in [1.29, 1.82) is 0 Å². The van der Waals surface area contributed by atoms with Crippen molar-refractivity contribution in [2.75, 3.05) is 11.4 Å². The average Bonchev–Trinajstić information content (AvgIpc) is 3.23. The van der Waals surface area contributed by atoms with Gasteiger partial charge in [-0.3, -0.25) is 4.79 Å². The van der Waals surface area contributed by atoms with E-state index in [0.717, 1.165) is 12.8 Å². The van der Waals surface area contributed by atoms with Crippen molar-refractivity contribution >= 4 is 22.6 Å². The van der Waals surface area contributed by atoms with Crippen LogP contribution < -0.4 is 10.6 Å². The van der Waals surface area contributed by atoms with Gasteiger partial charge >= 0.3 is 0 Å². The Morgan fingerprint density at radius 2 is 2.25 bits per heavy atom. The Morgan fingerprint density at radius 1 is 1.38 bits per heavy atom. The van der Waals surface area contributed by atoms with Crippen molar-refractivity contribution in [1.82, 2.24) is 20.1 Å². The number of carbonyl (C=O) groups excluding carboxylic acids is 1. The highest BCUT2D eigenvalue weighted by atomic mass is 19.1. The molecule has 24 heavy (non-hydrogen) atoms. The first-order chi connectivity index (χ1) is 11.6. The molecule has 1 aliphatic rings. The van der Waals surface area contributed by atoms with Gasteiger partial charge in [-0.05, 0) is 25.0 Å². The average molecular weight is 328 g/mol. The second kappa shape index (κ2) is 5.52. The van der Waals surface area contributed by atoms with Gasteiger partial charge in [0.05, 0.1) is 10.9 Å². The fourth-order valence-corrected chi connectivity index (χ4v) is 3.02. The van der Waals surface area contributed by atoms with Crippen LogP contribution in [0.15, 0.2) is 29.0 Å².